The van der Waals surface area contributed by atoms with E-state index in [-0.39, 0.29) is 6.03 Å². The molecule has 2 fully saturated rings. The summed E-state index contributed by atoms with van der Waals surface area (Å²) in [7, 11) is 0. The lowest BCUT2D eigenvalue weighted by molar-refractivity contribution is 0.0526. The lowest BCUT2D eigenvalue weighted by Gasteiger charge is -2.33. The molecule has 2 aliphatic heterocycles. The summed E-state index contributed by atoms with van der Waals surface area (Å²) in [6.45, 7) is 8.04. The van der Waals surface area contributed by atoms with Gasteiger partial charge in [0, 0.05) is 25.7 Å². The minimum atomic E-state index is 0.0576. The fourth-order valence-electron chi connectivity index (χ4n) is 2.60. The molecule has 5 heteroatoms. The van der Waals surface area contributed by atoms with E-state index >= 15 is 0 Å². The molecule has 1 atom stereocenters. The summed E-state index contributed by atoms with van der Waals surface area (Å²) in [6.07, 6.45) is 3.94. The van der Waals surface area contributed by atoms with E-state index in [0.29, 0.717) is 32.3 Å². The Kier molecular flexibility index (Phi) is 5.26. The number of piperidine rings is 1. The molecule has 0 radical (unpaired) electrons. The molecule has 0 aromatic carbocycles. The number of rotatable bonds is 3. The van der Waals surface area contributed by atoms with Crippen LogP contribution in [0.25, 0.3) is 0 Å². The molecule has 1 unspecified atom stereocenters. The maximum absolute atomic E-state index is 11.9. The fourth-order valence-corrected chi connectivity index (χ4v) is 2.60. The summed E-state index contributed by atoms with van der Waals surface area (Å²) in [5.74, 6) is 0. The molecule has 2 heterocycles. The van der Waals surface area contributed by atoms with Gasteiger partial charge in [0.15, 0.2) is 0 Å². The molecule has 0 saturated carbocycles. The van der Waals surface area contributed by atoms with Crippen LogP contribution in [0.5, 0.6) is 0 Å². The lowest BCUT2D eigenvalue weighted by atomic mass is 10.1. The third-order valence-corrected chi connectivity index (χ3v) is 3.86. The molecular formula is C13H25N3O2. The molecule has 2 aliphatic rings. The van der Waals surface area contributed by atoms with E-state index in [1.54, 1.807) is 0 Å². The smallest absolute Gasteiger partial charge is 0.317 e. The maximum Gasteiger partial charge on any atom is 0.317 e. The Labute approximate surface area is 109 Å². The molecular weight excluding hydrogens is 230 g/mol. The van der Waals surface area contributed by atoms with Crippen molar-refractivity contribution in [3.05, 3.63) is 0 Å². The van der Waals surface area contributed by atoms with Gasteiger partial charge in [0.25, 0.3) is 0 Å². The number of amides is 2. The van der Waals surface area contributed by atoms with Crippen molar-refractivity contribution < 1.29 is 9.53 Å². The number of nitrogens with one attached hydrogen (secondary N) is 1. The lowest BCUT2D eigenvalue weighted by Crippen LogP contribution is -2.50. The molecule has 0 spiro atoms. The zero-order chi connectivity index (χ0) is 12.8. The summed E-state index contributed by atoms with van der Waals surface area (Å²) in [5, 5.41) is 3.04. The van der Waals surface area contributed by atoms with Crippen molar-refractivity contribution >= 4 is 6.03 Å². The number of urea groups is 1. The Balaban J connectivity index is 1.67. The van der Waals surface area contributed by atoms with Gasteiger partial charge in [-0.15, -0.1) is 0 Å². The van der Waals surface area contributed by atoms with Gasteiger partial charge in [-0.1, -0.05) is 6.42 Å². The molecule has 2 rings (SSSR count). The first kappa shape index (κ1) is 13.6. The fraction of sp³-hybridized carbons (Fsp3) is 0.923. The minimum Gasteiger partial charge on any atom is -0.378 e. The van der Waals surface area contributed by atoms with Crippen LogP contribution >= 0.6 is 0 Å². The summed E-state index contributed by atoms with van der Waals surface area (Å²) in [4.78, 5) is 16.2. The van der Waals surface area contributed by atoms with Crippen molar-refractivity contribution in [2.75, 3.05) is 45.9 Å². The molecule has 18 heavy (non-hydrogen) atoms. The van der Waals surface area contributed by atoms with E-state index in [1.807, 2.05) is 4.90 Å². The van der Waals surface area contributed by atoms with Crippen LogP contribution in [0.2, 0.25) is 0 Å². The molecule has 0 bridgehead atoms. The average Bonchev–Trinajstić information content (AvgIpc) is 2.46. The second kappa shape index (κ2) is 6.95. The second-order valence-electron chi connectivity index (χ2n) is 5.23. The van der Waals surface area contributed by atoms with E-state index in [9.17, 15) is 4.79 Å². The number of hydrogen-bond donors (Lipinski definition) is 1. The molecule has 0 aromatic heterocycles. The molecule has 2 amide bonds. The molecule has 0 aromatic rings. The number of hydrogen-bond acceptors (Lipinski definition) is 3. The highest BCUT2D eigenvalue weighted by atomic mass is 16.5. The van der Waals surface area contributed by atoms with Crippen molar-refractivity contribution in [1.82, 2.24) is 15.1 Å². The van der Waals surface area contributed by atoms with Crippen LogP contribution in [0.1, 0.15) is 26.2 Å². The maximum atomic E-state index is 11.9. The summed E-state index contributed by atoms with van der Waals surface area (Å²) in [6, 6.07) is 0.498. The van der Waals surface area contributed by atoms with E-state index in [4.69, 9.17) is 4.74 Å². The standard InChI is InChI=1S/C13H25N3O2/c1-12(15-5-3-2-4-6-15)11-14-13(17)16-7-9-18-10-8-16/h12H,2-11H2,1H3,(H,14,17). The number of nitrogens with zero attached hydrogens (tertiary/aromatic N) is 2. The quantitative estimate of drug-likeness (QED) is 0.815. The van der Waals surface area contributed by atoms with Crippen LogP contribution in [0.3, 0.4) is 0 Å². The van der Waals surface area contributed by atoms with Gasteiger partial charge in [0.1, 0.15) is 0 Å². The highest BCUT2D eigenvalue weighted by Gasteiger charge is 2.20. The van der Waals surface area contributed by atoms with Crippen LogP contribution < -0.4 is 5.32 Å². The second-order valence-corrected chi connectivity index (χ2v) is 5.23. The normalized spacial score (nSPS) is 23.7. The number of morpholine rings is 1. The zero-order valence-electron chi connectivity index (χ0n) is 11.4. The van der Waals surface area contributed by atoms with Gasteiger partial charge in [-0.2, -0.15) is 0 Å². The molecule has 104 valence electrons. The summed E-state index contributed by atoms with van der Waals surface area (Å²) >= 11 is 0. The molecule has 2 saturated heterocycles. The Morgan fingerprint density at radius 2 is 1.83 bits per heavy atom. The van der Waals surface area contributed by atoms with E-state index in [1.165, 1.54) is 32.4 Å². The molecule has 1 N–H and O–H groups in total. The average molecular weight is 255 g/mol. The van der Waals surface area contributed by atoms with Crippen molar-refractivity contribution in [2.45, 2.75) is 32.2 Å². The van der Waals surface area contributed by atoms with E-state index in [0.717, 1.165) is 6.54 Å². The summed E-state index contributed by atoms with van der Waals surface area (Å²) in [5.41, 5.74) is 0. The van der Waals surface area contributed by atoms with Gasteiger partial charge in [0.05, 0.1) is 13.2 Å². The minimum absolute atomic E-state index is 0.0576. The number of likely N-dealkylation sites (tertiary alicyclic amines) is 1. The Morgan fingerprint density at radius 1 is 1.17 bits per heavy atom. The van der Waals surface area contributed by atoms with Crippen molar-refractivity contribution in [2.24, 2.45) is 0 Å². The third kappa shape index (κ3) is 3.85. The van der Waals surface area contributed by atoms with Gasteiger partial charge in [0.2, 0.25) is 0 Å². The van der Waals surface area contributed by atoms with Crippen LogP contribution in [-0.2, 0) is 4.74 Å². The first-order valence-electron chi connectivity index (χ1n) is 7.12. The predicted molar refractivity (Wildman–Crippen MR) is 70.7 cm³/mol. The molecule has 5 nitrogen and oxygen atoms in total. The van der Waals surface area contributed by atoms with Crippen LogP contribution in [0.15, 0.2) is 0 Å². The van der Waals surface area contributed by atoms with Gasteiger partial charge < -0.3 is 15.0 Å². The largest absolute Gasteiger partial charge is 0.378 e. The SMILES string of the molecule is CC(CNC(=O)N1CCOCC1)N1CCCCC1. The Morgan fingerprint density at radius 3 is 2.50 bits per heavy atom. The number of ether oxygens (including phenoxy) is 1. The number of carbonyl (C=O) groups excluding carboxylic acids is 1. The van der Waals surface area contributed by atoms with Crippen molar-refractivity contribution in [3.63, 3.8) is 0 Å². The highest BCUT2D eigenvalue weighted by molar-refractivity contribution is 5.74. The topological polar surface area (TPSA) is 44.8 Å². The first-order chi connectivity index (χ1) is 8.77. The van der Waals surface area contributed by atoms with E-state index < -0.39 is 0 Å². The van der Waals surface area contributed by atoms with Crippen LogP contribution in [0, 0.1) is 0 Å². The number of carbonyl (C=O) groups is 1. The molecule has 0 aliphatic carbocycles. The summed E-state index contributed by atoms with van der Waals surface area (Å²) < 4.78 is 5.24. The third-order valence-electron chi connectivity index (χ3n) is 3.86. The van der Waals surface area contributed by atoms with E-state index in [2.05, 4.69) is 17.1 Å². The predicted octanol–water partition coefficient (Wildman–Crippen LogP) is 0.903. The van der Waals surface area contributed by atoms with Gasteiger partial charge in [-0.3, -0.25) is 4.90 Å². The van der Waals surface area contributed by atoms with Gasteiger partial charge >= 0.3 is 6.03 Å². The van der Waals surface area contributed by atoms with Gasteiger partial charge in [-0.05, 0) is 32.9 Å². The van der Waals surface area contributed by atoms with Crippen LogP contribution in [0.4, 0.5) is 4.79 Å². The van der Waals surface area contributed by atoms with Crippen LogP contribution in [-0.4, -0.2) is 67.8 Å². The first-order valence-corrected chi connectivity index (χ1v) is 7.12. The van der Waals surface area contributed by atoms with Crippen molar-refractivity contribution in [3.8, 4) is 0 Å². The zero-order valence-corrected chi connectivity index (χ0v) is 11.4. The highest BCUT2D eigenvalue weighted by Crippen LogP contribution is 2.11. The Hall–Kier alpha value is -0.810. The van der Waals surface area contributed by atoms with Gasteiger partial charge in [-0.25, -0.2) is 4.79 Å². The Bertz CT molecular complexity index is 261. The monoisotopic (exact) mass is 255 g/mol. The van der Waals surface area contributed by atoms with Crippen molar-refractivity contribution in [1.29, 1.82) is 0 Å².